The summed E-state index contributed by atoms with van der Waals surface area (Å²) in [7, 11) is 4.02. The molecule has 1 aromatic carbocycles. The molecule has 0 unspecified atom stereocenters. The molecule has 0 amide bonds. The summed E-state index contributed by atoms with van der Waals surface area (Å²) < 4.78 is 0. The molecule has 28 heavy (non-hydrogen) atoms. The van der Waals surface area contributed by atoms with Crippen LogP contribution in [0.1, 0.15) is 5.56 Å². The summed E-state index contributed by atoms with van der Waals surface area (Å²) in [5, 5.41) is 3.51. The van der Waals surface area contributed by atoms with E-state index < -0.39 is 0 Å². The van der Waals surface area contributed by atoms with E-state index in [0.29, 0.717) is 0 Å². The van der Waals surface area contributed by atoms with E-state index in [1.165, 1.54) is 5.56 Å². The van der Waals surface area contributed by atoms with E-state index in [1.807, 2.05) is 25.4 Å². The van der Waals surface area contributed by atoms with Crippen molar-refractivity contribution in [2.45, 2.75) is 6.54 Å². The summed E-state index contributed by atoms with van der Waals surface area (Å²) >= 11 is 0. The van der Waals surface area contributed by atoms with Crippen LogP contribution in [0.3, 0.4) is 0 Å². The van der Waals surface area contributed by atoms with Gasteiger partial charge in [-0.1, -0.05) is 36.4 Å². The van der Waals surface area contributed by atoms with Crippen molar-refractivity contribution in [3.8, 4) is 0 Å². The molecule has 0 spiro atoms. The van der Waals surface area contributed by atoms with Gasteiger partial charge in [-0.15, -0.1) is 24.0 Å². The van der Waals surface area contributed by atoms with E-state index in [9.17, 15) is 0 Å². The maximum Gasteiger partial charge on any atom is 0.193 e. The van der Waals surface area contributed by atoms with Crippen molar-refractivity contribution in [1.29, 1.82) is 0 Å². The van der Waals surface area contributed by atoms with Gasteiger partial charge in [0, 0.05) is 59.1 Å². The number of aliphatic imine (C=N–C) groups is 1. The molecule has 0 saturated carbocycles. The first kappa shape index (κ1) is 22.4. The van der Waals surface area contributed by atoms with Gasteiger partial charge >= 0.3 is 0 Å². The van der Waals surface area contributed by atoms with Crippen molar-refractivity contribution in [3.63, 3.8) is 0 Å². The number of anilines is 1. The van der Waals surface area contributed by atoms with Gasteiger partial charge in [-0.2, -0.15) is 0 Å². The van der Waals surface area contributed by atoms with Crippen molar-refractivity contribution < 1.29 is 0 Å². The number of halogens is 1. The predicted molar refractivity (Wildman–Crippen MR) is 128 cm³/mol. The number of hydrogen-bond acceptors (Lipinski definition) is 4. The second-order valence-corrected chi connectivity index (χ2v) is 6.86. The van der Waals surface area contributed by atoms with Gasteiger partial charge in [-0.05, 0) is 24.7 Å². The van der Waals surface area contributed by atoms with Crippen molar-refractivity contribution in [2.24, 2.45) is 4.99 Å². The first-order valence-corrected chi connectivity index (χ1v) is 9.60. The van der Waals surface area contributed by atoms with Gasteiger partial charge in [0.05, 0.1) is 0 Å². The van der Waals surface area contributed by atoms with Crippen LogP contribution in [-0.2, 0) is 6.54 Å². The number of nitrogens with one attached hydrogen (secondary N) is 1. The third kappa shape index (κ3) is 6.63. The van der Waals surface area contributed by atoms with Crippen molar-refractivity contribution in [1.82, 2.24) is 20.1 Å². The average Bonchev–Trinajstić information content (AvgIpc) is 2.73. The van der Waals surface area contributed by atoms with Gasteiger partial charge in [0.15, 0.2) is 5.96 Å². The highest BCUT2D eigenvalue weighted by atomic mass is 127. The zero-order valence-electron chi connectivity index (χ0n) is 16.8. The number of aromatic nitrogens is 1. The lowest BCUT2D eigenvalue weighted by atomic mass is 10.2. The molecule has 2 heterocycles. The Kier molecular flexibility index (Phi) is 9.49. The molecule has 1 aliphatic rings. The van der Waals surface area contributed by atoms with Gasteiger partial charge in [-0.3, -0.25) is 4.99 Å². The smallest absolute Gasteiger partial charge is 0.193 e. The Morgan fingerprint density at radius 3 is 2.43 bits per heavy atom. The zero-order chi connectivity index (χ0) is 18.9. The number of guanidine groups is 1. The average molecular weight is 494 g/mol. The third-order valence-corrected chi connectivity index (χ3v) is 4.84. The molecule has 0 atom stereocenters. The SMILES string of the molecule is CN=C(NCCN(C)Cc1ccccc1)N1CCN(c2ccccn2)CC1.I. The molecule has 1 aromatic heterocycles. The van der Waals surface area contributed by atoms with Gasteiger partial charge in [-0.25, -0.2) is 4.98 Å². The van der Waals surface area contributed by atoms with Crippen LogP contribution in [0.15, 0.2) is 59.7 Å². The lowest BCUT2D eigenvalue weighted by Crippen LogP contribution is -2.53. The zero-order valence-corrected chi connectivity index (χ0v) is 19.1. The molecular weight excluding hydrogens is 463 g/mol. The van der Waals surface area contributed by atoms with E-state index in [-0.39, 0.29) is 24.0 Å². The largest absolute Gasteiger partial charge is 0.355 e. The van der Waals surface area contributed by atoms with Gasteiger partial charge in [0.2, 0.25) is 0 Å². The number of rotatable bonds is 6. The summed E-state index contributed by atoms with van der Waals surface area (Å²) in [5.41, 5.74) is 1.34. The highest BCUT2D eigenvalue weighted by Gasteiger charge is 2.20. The molecule has 2 aromatic rings. The fraction of sp³-hybridized carbons (Fsp3) is 0.429. The fourth-order valence-electron chi connectivity index (χ4n) is 3.35. The summed E-state index contributed by atoms with van der Waals surface area (Å²) in [6.07, 6.45) is 1.86. The van der Waals surface area contributed by atoms with Crippen molar-refractivity contribution >= 4 is 35.8 Å². The molecular formula is C21H31IN6. The first-order chi connectivity index (χ1) is 13.3. The van der Waals surface area contributed by atoms with E-state index >= 15 is 0 Å². The van der Waals surface area contributed by atoms with Crippen LogP contribution in [0.25, 0.3) is 0 Å². The molecule has 1 fully saturated rings. The summed E-state index contributed by atoms with van der Waals surface area (Å²) in [6, 6.07) is 16.7. The fourth-order valence-corrected chi connectivity index (χ4v) is 3.35. The summed E-state index contributed by atoms with van der Waals surface area (Å²) in [4.78, 5) is 15.9. The second-order valence-electron chi connectivity index (χ2n) is 6.86. The maximum atomic E-state index is 4.47. The Hall–Kier alpha value is -1.87. The van der Waals surface area contributed by atoms with Crippen LogP contribution in [-0.4, -0.2) is 74.1 Å². The van der Waals surface area contributed by atoms with Gasteiger partial charge in [0.1, 0.15) is 5.82 Å². The Bertz CT molecular complexity index is 701. The minimum atomic E-state index is 0. The van der Waals surface area contributed by atoms with Crippen molar-refractivity contribution in [3.05, 3.63) is 60.3 Å². The molecule has 0 aliphatic carbocycles. The molecule has 6 nitrogen and oxygen atoms in total. The maximum absolute atomic E-state index is 4.47. The number of pyridine rings is 1. The van der Waals surface area contributed by atoms with Crippen LogP contribution in [0, 0.1) is 0 Å². The molecule has 7 heteroatoms. The van der Waals surface area contributed by atoms with E-state index in [4.69, 9.17) is 0 Å². The number of likely N-dealkylation sites (N-methyl/N-ethyl adjacent to an activating group) is 1. The third-order valence-electron chi connectivity index (χ3n) is 4.84. The Morgan fingerprint density at radius 1 is 1.07 bits per heavy atom. The van der Waals surface area contributed by atoms with Crippen LogP contribution in [0.2, 0.25) is 0 Å². The minimum Gasteiger partial charge on any atom is -0.355 e. The van der Waals surface area contributed by atoms with Crippen molar-refractivity contribution in [2.75, 3.05) is 58.3 Å². The number of nitrogens with zero attached hydrogens (tertiary/aromatic N) is 5. The number of benzene rings is 1. The van der Waals surface area contributed by atoms with E-state index in [2.05, 4.69) is 73.4 Å². The molecule has 3 rings (SSSR count). The standard InChI is InChI=1S/C21H30N6.HI/c1-22-21(24-12-13-25(2)18-19-8-4-3-5-9-19)27-16-14-26(15-17-27)20-10-6-7-11-23-20;/h3-11H,12-18H2,1-2H3,(H,22,24);1H. The first-order valence-electron chi connectivity index (χ1n) is 9.60. The Morgan fingerprint density at radius 2 is 1.79 bits per heavy atom. The van der Waals surface area contributed by atoms with Crippen LogP contribution in [0.4, 0.5) is 5.82 Å². The lowest BCUT2D eigenvalue weighted by molar-refractivity contribution is 0.324. The van der Waals surface area contributed by atoms with E-state index in [0.717, 1.165) is 57.6 Å². The molecule has 1 N–H and O–H groups in total. The summed E-state index contributed by atoms with van der Waals surface area (Å²) in [5.74, 6) is 2.05. The van der Waals surface area contributed by atoms with Crippen LogP contribution >= 0.6 is 24.0 Å². The lowest BCUT2D eigenvalue weighted by Gasteiger charge is -2.37. The molecule has 152 valence electrons. The number of hydrogen-bond donors (Lipinski definition) is 1. The Labute approximate surface area is 185 Å². The highest BCUT2D eigenvalue weighted by molar-refractivity contribution is 14.0. The highest BCUT2D eigenvalue weighted by Crippen LogP contribution is 2.12. The van der Waals surface area contributed by atoms with Gasteiger partial charge < -0.3 is 20.0 Å². The second kappa shape index (κ2) is 11.9. The molecule has 1 saturated heterocycles. The quantitative estimate of drug-likeness (QED) is 0.380. The molecule has 0 bridgehead atoms. The number of piperazine rings is 1. The minimum absolute atomic E-state index is 0. The van der Waals surface area contributed by atoms with Crippen LogP contribution < -0.4 is 10.2 Å². The Balaban J connectivity index is 0.00000280. The van der Waals surface area contributed by atoms with E-state index in [1.54, 1.807) is 0 Å². The monoisotopic (exact) mass is 494 g/mol. The normalized spacial score (nSPS) is 14.8. The topological polar surface area (TPSA) is 47.0 Å². The molecule has 0 radical (unpaired) electrons. The van der Waals surface area contributed by atoms with Crippen LogP contribution in [0.5, 0.6) is 0 Å². The predicted octanol–water partition coefficient (Wildman–Crippen LogP) is 2.53. The van der Waals surface area contributed by atoms with Gasteiger partial charge in [0.25, 0.3) is 0 Å². The molecule has 1 aliphatic heterocycles. The summed E-state index contributed by atoms with van der Waals surface area (Å²) in [6.45, 7) is 6.66.